The fourth-order valence-corrected chi connectivity index (χ4v) is 7.75. The second-order valence-corrected chi connectivity index (χ2v) is 12.4. The van der Waals surface area contributed by atoms with Crippen LogP contribution in [0.4, 0.5) is 0 Å². The first-order valence-corrected chi connectivity index (χ1v) is 16.2. The van der Waals surface area contributed by atoms with Crippen LogP contribution in [-0.2, 0) is 0 Å². The second kappa shape index (κ2) is 10.2. The van der Waals surface area contributed by atoms with Crippen LogP contribution in [0.5, 0.6) is 0 Å². The molecule has 10 aromatic rings. The molecule has 218 valence electrons. The van der Waals surface area contributed by atoms with Crippen LogP contribution in [0.2, 0.25) is 0 Å². The first-order valence-electron chi connectivity index (χ1n) is 16.2. The molecule has 1 aromatic heterocycles. The quantitative estimate of drug-likeness (QED) is 0.145. The summed E-state index contributed by atoms with van der Waals surface area (Å²) in [5.74, 6) is 0. The van der Waals surface area contributed by atoms with Gasteiger partial charge in [0.25, 0.3) is 0 Å². The first kappa shape index (κ1) is 26.1. The Morgan fingerprint density at radius 1 is 0.298 bits per heavy atom. The zero-order valence-corrected chi connectivity index (χ0v) is 25.6. The molecule has 0 N–H and O–H groups in total. The minimum Gasteiger partial charge on any atom is -0.456 e. The summed E-state index contributed by atoms with van der Waals surface area (Å²) in [4.78, 5) is 0. The summed E-state index contributed by atoms with van der Waals surface area (Å²) in [5, 5.41) is 9.84. The monoisotopic (exact) mass is 596 g/mol. The van der Waals surface area contributed by atoms with Gasteiger partial charge in [0.15, 0.2) is 0 Å². The van der Waals surface area contributed by atoms with Gasteiger partial charge in [0.05, 0.1) is 0 Å². The summed E-state index contributed by atoms with van der Waals surface area (Å²) in [6.07, 6.45) is 0. The molecule has 0 radical (unpaired) electrons. The highest BCUT2D eigenvalue weighted by molar-refractivity contribution is 6.29. The largest absolute Gasteiger partial charge is 0.456 e. The topological polar surface area (TPSA) is 13.1 Å². The Balaban J connectivity index is 1.21. The summed E-state index contributed by atoms with van der Waals surface area (Å²) in [6.45, 7) is 0. The Bertz CT molecular complexity index is 2710. The molecule has 0 fully saturated rings. The molecule has 9 aromatic carbocycles. The van der Waals surface area contributed by atoms with Crippen LogP contribution in [0.15, 0.2) is 174 Å². The van der Waals surface area contributed by atoms with Crippen LogP contribution < -0.4 is 0 Å². The van der Waals surface area contributed by atoms with Gasteiger partial charge in [-0.05, 0) is 107 Å². The van der Waals surface area contributed by atoms with Crippen molar-refractivity contribution in [1.29, 1.82) is 0 Å². The Morgan fingerprint density at radius 2 is 0.872 bits per heavy atom. The lowest BCUT2D eigenvalue weighted by Gasteiger charge is -2.18. The number of fused-ring (bicyclic) bond motifs is 2. The highest BCUT2D eigenvalue weighted by atomic mass is 16.3. The summed E-state index contributed by atoms with van der Waals surface area (Å²) >= 11 is 0. The van der Waals surface area contributed by atoms with E-state index in [2.05, 4.69) is 170 Å². The minimum absolute atomic E-state index is 0.925. The lowest BCUT2D eigenvalue weighted by molar-refractivity contribution is 0.669. The molecule has 0 unspecified atom stereocenters. The molecular formula is C46H28O. The molecular weight excluding hydrogens is 569 g/mol. The van der Waals surface area contributed by atoms with Crippen molar-refractivity contribution in [3.63, 3.8) is 0 Å². The van der Waals surface area contributed by atoms with Gasteiger partial charge in [0.1, 0.15) is 11.2 Å². The molecule has 0 amide bonds. The molecule has 10 rings (SSSR count). The SMILES string of the molecule is c1ccc(-c2cccc(-c3cc4ccc5c(-c6c7ccccc7c(-c7ccccc7)c7ccccc67)ccc6oc(c3)c4c65)c2)cc1. The molecule has 0 saturated carbocycles. The van der Waals surface area contributed by atoms with E-state index < -0.39 is 0 Å². The van der Waals surface area contributed by atoms with E-state index in [0.717, 1.165) is 16.7 Å². The zero-order chi connectivity index (χ0) is 30.9. The zero-order valence-electron chi connectivity index (χ0n) is 25.6. The molecule has 0 aliphatic carbocycles. The van der Waals surface area contributed by atoms with E-state index in [4.69, 9.17) is 4.42 Å². The fraction of sp³-hybridized carbons (Fsp3) is 0. The number of hydrogen-bond donors (Lipinski definition) is 0. The standard InChI is InChI=1S/C46H28O/c1-3-12-29(13-4-1)31-16-11-17-32(26-31)34-27-33-22-23-40-39(24-25-41-46(40)44(33)42(28-34)47-41)45-37-20-9-7-18-35(37)43(30-14-5-2-6-15-30)36-19-8-10-21-38(36)45/h1-28H. The van der Waals surface area contributed by atoms with Gasteiger partial charge in [-0.25, -0.2) is 0 Å². The van der Waals surface area contributed by atoms with Crippen molar-refractivity contribution in [3.8, 4) is 44.5 Å². The maximum absolute atomic E-state index is 6.63. The third kappa shape index (κ3) is 3.97. The second-order valence-electron chi connectivity index (χ2n) is 12.4. The average Bonchev–Trinajstić information content (AvgIpc) is 3.53. The predicted molar refractivity (Wildman–Crippen MR) is 199 cm³/mol. The number of benzene rings is 9. The van der Waals surface area contributed by atoms with Crippen molar-refractivity contribution in [2.24, 2.45) is 0 Å². The Hall–Kier alpha value is -6.18. The summed E-state index contributed by atoms with van der Waals surface area (Å²) in [5.41, 5.74) is 11.6. The normalized spacial score (nSPS) is 11.8. The van der Waals surface area contributed by atoms with Crippen molar-refractivity contribution in [3.05, 3.63) is 170 Å². The van der Waals surface area contributed by atoms with Crippen molar-refractivity contribution in [2.45, 2.75) is 0 Å². The van der Waals surface area contributed by atoms with Crippen LogP contribution in [0.1, 0.15) is 0 Å². The van der Waals surface area contributed by atoms with Crippen LogP contribution in [0, 0.1) is 0 Å². The molecule has 0 aliphatic heterocycles. The molecule has 0 aliphatic rings. The van der Waals surface area contributed by atoms with Gasteiger partial charge >= 0.3 is 0 Å². The predicted octanol–water partition coefficient (Wildman–Crippen LogP) is 13.2. The van der Waals surface area contributed by atoms with Crippen molar-refractivity contribution in [1.82, 2.24) is 0 Å². The fourth-order valence-electron chi connectivity index (χ4n) is 7.75. The third-order valence-electron chi connectivity index (χ3n) is 9.81. The van der Waals surface area contributed by atoms with E-state index in [9.17, 15) is 0 Å². The van der Waals surface area contributed by atoms with Crippen molar-refractivity contribution in [2.75, 3.05) is 0 Å². The average molecular weight is 597 g/mol. The maximum atomic E-state index is 6.63. The van der Waals surface area contributed by atoms with Gasteiger partial charge in [0, 0.05) is 10.8 Å². The Morgan fingerprint density at radius 3 is 1.55 bits per heavy atom. The van der Waals surface area contributed by atoms with Gasteiger partial charge in [-0.15, -0.1) is 0 Å². The van der Waals surface area contributed by atoms with Gasteiger partial charge in [-0.2, -0.15) is 0 Å². The highest BCUT2D eigenvalue weighted by Gasteiger charge is 2.21. The lowest BCUT2D eigenvalue weighted by atomic mass is 9.84. The van der Waals surface area contributed by atoms with Crippen LogP contribution >= 0.6 is 0 Å². The van der Waals surface area contributed by atoms with Crippen LogP contribution in [0.25, 0.3) is 98.8 Å². The number of rotatable bonds is 4. The molecule has 47 heavy (non-hydrogen) atoms. The summed E-state index contributed by atoms with van der Waals surface area (Å²) in [7, 11) is 0. The Kier molecular flexibility index (Phi) is 5.64. The van der Waals surface area contributed by atoms with E-state index in [-0.39, 0.29) is 0 Å². The molecule has 0 bridgehead atoms. The minimum atomic E-state index is 0.925. The van der Waals surface area contributed by atoms with Gasteiger partial charge in [-0.3, -0.25) is 0 Å². The van der Waals surface area contributed by atoms with E-state index >= 15 is 0 Å². The lowest BCUT2D eigenvalue weighted by Crippen LogP contribution is -1.91. The molecule has 1 nitrogen and oxygen atoms in total. The number of furan rings is 1. The van der Waals surface area contributed by atoms with E-state index in [1.54, 1.807) is 0 Å². The van der Waals surface area contributed by atoms with Gasteiger partial charge < -0.3 is 4.42 Å². The van der Waals surface area contributed by atoms with Gasteiger partial charge in [0.2, 0.25) is 0 Å². The van der Waals surface area contributed by atoms with Crippen molar-refractivity contribution >= 4 is 54.3 Å². The molecule has 1 heteroatoms. The van der Waals surface area contributed by atoms with Crippen molar-refractivity contribution < 1.29 is 4.42 Å². The third-order valence-corrected chi connectivity index (χ3v) is 9.81. The highest BCUT2D eigenvalue weighted by Crippen LogP contribution is 2.48. The molecule has 0 spiro atoms. The van der Waals surface area contributed by atoms with E-state index in [0.29, 0.717) is 0 Å². The van der Waals surface area contributed by atoms with E-state index in [1.165, 1.54) is 82.0 Å². The van der Waals surface area contributed by atoms with Gasteiger partial charge in [-0.1, -0.05) is 140 Å². The number of hydrogen-bond acceptors (Lipinski definition) is 1. The summed E-state index contributed by atoms with van der Waals surface area (Å²) in [6, 6.07) is 61.4. The van der Waals surface area contributed by atoms with Crippen LogP contribution in [0.3, 0.4) is 0 Å². The first-order chi connectivity index (χ1) is 23.3. The van der Waals surface area contributed by atoms with E-state index in [1.807, 2.05) is 0 Å². The molecule has 1 heterocycles. The van der Waals surface area contributed by atoms with Crippen LogP contribution in [-0.4, -0.2) is 0 Å². The molecule has 0 atom stereocenters. The Labute approximate surface area is 272 Å². The smallest absolute Gasteiger partial charge is 0.136 e. The molecule has 0 saturated heterocycles. The summed E-state index contributed by atoms with van der Waals surface area (Å²) < 4.78 is 6.63. The maximum Gasteiger partial charge on any atom is 0.136 e.